The maximum atomic E-state index is 5.64. The minimum atomic E-state index is -1.36. The minimum absolute atomic E-state index is 0. The molecule has 0 saturated carbocycles. The summed E-state index contributed by atoms with van der Waals surface area (Å²) in [6.07, 6.45) is 0. The van der Waals surface area contributed by atoms with Crippen LogP contribution in [-0.4, -0.2) is 24.7 Å². The van der Waals surface area contributed by atoms with Crippen molar-refractivity contribution in [3.8, 4) is 5.75 Å². The number of fused-ring (bicyclic) bond motifs is 3. The van der Waals surface area contributed by atoms with Gasteiger partial charge in [-0.3, -0.25) is 0 Å². The molecule has 0 spiro atoms. The molecular formula is C26H32Cl2O2SiZr-2. The number of halogens is 2. The normalized spacial score (nSPS) is 10.1. The molecule has 172 valence electrons. The SMILES string of the molecule is C[C](C)=[Zr+2].C[Si](C)(C)OCCOc1ccc[cH-]1.[Cl-].[Cl-].c1ccc2c(c1)[cH-]c1ccccc12. The van der Waals surface area contributed by atoms with Crippen LogP contribution in [0.5, 0.6) is 5.75 Å². The Hall–Kier alpha value is -1.03. The van der Waals surface area contributed by atoms with Gasteiger partial charge in [0, 0.05) is 5.75 Å². The topological polar surface area (TPSA) is 18.5 Å². The van der Waals surface area contributed by atoms with Crippen LogP contribution in [0.2, 0.25) is 19.6 Å². The zero-order valence-electron chi connectivity index (χ0n) is 19.5. The monoisotopic (exact) mass is 564 g/mol. The summed E-state index contributed by atoms with van der Waals surface area (Å²) in [7, 11) is -1.36. The summed E-state index contributed by atoms with van der Waals surface area (Å²) in [5.74, 6) is 0.930. The van der Waals surface area contributed by atoms with Crippen LogP contribution >= 0.6 is 0 Å². The van der Waals surface area contributed by atoms with Crippen molar-refractivity contribution in [2.24, 2.45) is 0 Å². The van der Waals surface area contributed by atoms with Gasteiger partial charge in [0.1, 0.15) is 6.61 Å². The molecule has 0 bridgehead atoms. The first-order valence-corrected chi connectivity index (χ1v) is 14.9. The zero-order valence-corrected chi connectivity index (χ0v) is 24.5. The van der Waals surface area contributed by atoms with E-state index >= 15 is 0 Å². The van der Waals surface area contributed by atoms with Gasteiger partial charge in [0.15, 0.2) is 8.32 Å². The summed E-state index contributed by atoms with van der Waals surface area (Å²) in [5, 5.41) is 5.39. The Balaban J connectivity index is 0.000000490. The third-order valence-corrected chi connectivity index (χ3v) is 5.11. The number of hydrogen-bond acceptors (Lipinski definition) is 2. The summed E-state index contributed by atoms with van der Waals surface area (Å²) in [5.41, 5.74) is 0. The molecule has 0 amide bonds. The molecule has 4 rings (SSSR count). The fourth-order valence-electron chi connectivity index (χ4n) is 2.86. The van der Waals surface area contributed by atoms with Crippen molar-refractivity contribution in [1.29, 1.82) is 0 Å². The summed E-state index contributed by atoms with van der Waals surface area (Å²) < 4.78 is 12.6. The standard InChI is InChI=1S/C13H9.C10H17O2Si.C3H6.2ClH.Zr/c1-3-7-12-10(5-1)9-11-6-2-4-8-13(11)12;1-13(2,3)12-9-8-11-10-6-4-5-7-10;1-3-2;;;/h1-9H;4-7H,8-9H2,1-3H3;1-2H3;2*1H;/q2*-1;;;;+2/p-2. The molecule has 4 aromatic carbocycles. The first-order chi connectivity index (χ1) is 14.3. The van der Waals surface area contributed by atoms with Crippen LogP contribution in [0.15, 0.2) is 78.9 Å². The van der Waals surface area contributed by atoms with Gasteiger partial charge >= 0.3 is 41.3 Å². The van der Waals surface area contributed by atoms with E-state index in [2.05, 4.69) is 88.1 Å². The Morgan fingerprint density at radius 3 is 1.75 bits per heavy atom. The van der Waals surface area contributed by atoms with E-state index in [1.165, 1.54) is 24.8 Å². The molecule has 0 aliphatic rings. The molecule has 0 aliphatic heterocycles. The van der Waals surface area contributed by atoms with Crippen molar-refractivity contribution < 1.29 is 58.2 Å². The van der Waals surface area contributed by atoms with E-state index in [0.717, 1.165) is 5.75 Å². The van der Waals surface area contributed by atoms with Crippen molar-refractivity contribution >= 4 is 33.1 Å². The number of rotatable bonds is 5. The molecule has 4 aromatic rings. The second kappa shape index (κ2) is 15.7. The van der Waals surface area contributed by atoms with Crippen molar-refractivity contribution in [2.45, 2.75) is 33.5 Å². The molecule has 0 saturated heterocycles. The molecule has 0 unspecified atom stereocenters. The summed E-state index contributed by atoms with van der Waals surface area (Å²) >= 11 is 1.55. The van der Waals surface area contributed by atoms with Crippen LogP contribution in [-0.2, 0) is 28.7 Å². The van der Waals surface area contributed by atoms with Gasteiger partial charge in [-0.05, 0) is 19.6 Å². The Morgan fingerprint density at radius 2 is 1.31 bits per heavy atom. The van der Waals surface area contributed by atoms with Gasteiger partial charge in [0.2, 0.25) is 0 Å². The molecule has 0 radical (unpaired) electrons. The number of benzene rings is 2. The Bertz CT molecular complexity index is 983. The molecule has 0 heterocycles. The number of ether oxygens (including phenoxy) is 1. The molecule has 32 heavy (non-hydrogen) atoms. The first kappa shape index (κ1) is 31.0. The third kappa shape index (κ3) is 11.7. The maximum Gasteiger partial charge on any atom is 0.183 e. The summed E-state index contributed by atoms with van der Waals surface area (Å²) in [4.78, 5) is 0. The fourth-order valence-corrected chi connectivity index (χ4v) is 3.56. The Kier molecular flexibility index (Phi) is 15.2. The molecular weight excluding hydrogens is 535 g/mol. The average molecular weight is 567 g/mol. The predicted molar refractivity (Wildman–Crippen MR) is 130 cm³/mol. The quantitative estimate of drug-likeness (QED) is 0.205. The summed E-state index contributed by atoms with van der Waals surface area (Å²) in [6, 6.07) is 27.1. The van der Waals surface area contributed by atoms with Gasteiger partial charge in [-0.2, -0.15) is 12.1 Å². The van der Waals surface area contributed by atoms with Crippen molar-refractivity contribution in [1.82, 2.24) is 0 Å². The molecule has 0 N–H and O–H groups in total. The zero-order chi connectivity index (χ0) is 22.0. The van der Waals surface area contributed by atoms with Crippen LogP contribution in [0.4, 0.5) is 0 Å². The third-order valence-electron chi connectivity index (χ3n) is 4.04. The van der Waals surface area contributed by atoms with Gasteiger partial charge < -0.3 is 34.0 Å². The van der Waals surface area contributed by atoms with Crippen LogP contribution in [0.1, 0.15) is 13.8 Å². The second-order valence-electron chi connectivity index (χ2n) is 8.25. The Morgan fingerprint density at radius 1 is 0.812 bits per heavy atom. The van der Waals surface area contributed by atoms with Crippen LogP contribution < -0.4 is 29.6 Å². The van der Waals surface area contributed by atoms with Crippen LogP contribution in [0, 0.1) is 0 Å². The van der Waals surface area contributed by atoms with Crippen LogP contribution in [0.3, 0.4) is 0 Å². The smallest absolute Gasteiger partial charge is 0.183 e. The van der Waals surface area contributed by atoms with Gasteiger partial charge in [-0.25, -0.2) is 6.07 Å². The van der Waals surface area contributed by atoms with E-state index in [1.54, 1.807) is 24.2 Å². The second-order valence-corrected chi connectivity index (χ2v) is 15.2. The fraction of sp³-hybridized carbons (Fsp3) is 0.269. The molecule has 6 heteroatoms. The molecule has 0 fully saturated rings. The van der Waals surface area contributed by atoms with Crippen LogP contribution in [0.25, 0.3) is 21.5 Å². The van der Waals surface area contributed by atoms with Gasteiger partial charge in [-0.15, -0.1) is 45.8 Å². The van der Waals surface area contributed by atoms with E-state index in [0.29, 0.717) is 13.2 Å². The molecule has 0 aromatic heterocycles. The van der Waals surface area contributed by atoms with E-state index in [9.17, 15) is 0 Å². The van der Waals surface area contributed by atoms with E-state index in [1.807, 2.05) is 24.3 Å². The largest absolute Gasteiger partial charge is 1.00 e. The molecule has 0 aliphatic carbocycles. The maximum absolute atomic E-state index is 5.64. The molecule has 0 atom stereocenters. The van der Waals surface area contributed by atoms with Gasteiger partial charge in [0.25, 0.3) is 0 Å². The summed E-state index contributed by atoms with van der Waals surface area (Å²) in [6.45, 7) is 12.1. The van der Waals surface area contributed by atoms with Crippen molar-refractivity contribution in [3.05, 3.63) is 78.9 Å². The number of hydrogen-bond donors (Lipinski definition) is 0. The minimum Gasteiger partial charge on any atom is -1.00 e. The van der Waals surface area contributed by atoms with Gasteiger partial charge in [0.05, 0.1) is 6.61 Å². The average Bonchev–Trinajstić information content (AvgIpc) is 3.32. The first-order valence-electron chi connectivity index (χ1n) is 10.3. The van der Waals surface area contributed by atoms with E-state index in [4.69, 9.17) is 9.16 Å². The Labute approximate surface area is 221 Å². The van der Waals surface area contributed by atoms with Crippen molar-refractivity contribution in [3.63, 3.8) is 0 Å². The predicted octanol–water partition coefficient (Wildman–Crippen LogP) is 1.10. The van der Waals surface area contributed by atoms with E-state index in [-0.39, 0.29) is 24.8 Å². The molecule has 2 nitrogen and oxygen atoms in total. The van der Waals surface area contributed by atoms with E-state index < -0.39 is 8.32 Å². The van der Waals surface area contributed by atoms with Gasteiger partial charge in [-0.1, -0.05) is 36.4 Å². The van der Waals surface area contributed by atoms with Crippen molar-refractivity contribution in [2.75, 3.05) is 13.2 Å².